The van der Waals surface area contributed by atoms with Crippen LogP contribution in [0.4, 0.5) is 4.39 Å². The molecule has 0 saturated carbocycles. The highest BCUT2D eigenvalue weighted by Crippen LogP contribution is 2.14. The molecule has 0 spiro atoms. The van der Waals surface area contributed by atoms with E-state index in [1.165, 1.54) is 0 Å². The van der Waals surface area contributed by atoms with Gasteiger partial charge in [-0.15, -0.1) is 0 Å². The Labute approximate surface area is 67.6 Å². The Bertz CT molecular complexity index is 131. The third-order valence-corrected chi connectivity index (χ3v) is 1.85. The molecule has 1 atom stereocenters. The first-order valence-corrected chi connectivity index (χ1v) is 4.13. The van der Waals surface area contributed by atoms with Gasteiger partial charge >= 0.3 is 0 Å². The van der Waals surface area contributed by atoms with Crippen molar-refractivity contribution >= 4 is 0 Å². The summed E-state index contributed by atoms with van der Waals surface area (Å²) in [6.45, 7) is 6.17. The molecule has 1 saturated heterocycles. The van der Waals surface area contributed by atoms with Crippen LogP contribution in [0.3, 0.4) is 0 Å². The fourth-order valence-corrected chi connectivity index (χ4v) is 1.51. The lowest BCUT2D eigenvalue weighted by Crippen LogP contribution is -2.44. The normalized spacial score (nSPS) is 27.8. The summed E-state index contributed by atoms with van der Waals surface area (Å²) in [4.78, 5) is 2.09. The molecule has 3 heteroatoms. The zero-order valence-corrected chi connectivity index (χ0v) is 7.31. The Kier molecular flexibility index (Phi) is 2.50. The van der Waals surface area contributed by atoms with Crippen molar-refractivity contribution in [2.24, 2.45) is 5.73 Å². The fourth-order valence-electron chi connectivity index (χ4n) is 1.51. The molecule has 1 fully saturated rings. The lowest BCUT2D eigenvalue weighted by molar-refractivity contribution is 0.246. The van der Waals surface area contributed by atoms with Crippen LogP contribution in [0.15, 0.2) is 0 Å². The van der Waals surface area contributed by atoms with Crippen molar-refractivity contribution in [1.29, 1.82) is 0 Å². The molecule has 0 radical (unpaired) electrons. The van der Waals surface area contributed by atoms with Crippen LogP contribution in [0, 0.1) is 0 Å². The average Bonchev–Trinajstić information content (AvgIpc) is 2.10. The van der Waals surface area contributed by atoms with Crippen molar-refractivity contribution in [3.8, 4) is 0 Å². The number of alkyl halides is 1. The van der Waals surface area contributed by atoms with E-state index in [-0.39, 0.29) is 5.54 Å². The largest absolute Gasteiger partial charge is 0.324 e. The van der Waals surface area contributed by atoms with Gasteiger partial charge in [0.2, 0.25) is 0 Å². The van der Waals surface area contributed by atoms with E-state index in [2.05, 4.69) is 4.90 Å². The van der Waals surface area contributed by atoms with Gasteiger partial charge < -0.3 is 5.73 Å². The first kappa shape index (κ1) is 8.94. The predicted molar refractivity (Wildman–Crippen MR) is 44.2 cm³/mol. The molecule has 2 nitrogen and oxygen atoms in total. The molecule has 66 valence electrons. The minimum absolute atomic E-state index is 0.190. The van der Waals surface area contributed by atoms with Gasteiger partial charge in [0.1, 0.15) is 6.17 Å². The number of nitrogens with zero attached hydrogens (tertiary/aromatic N) is 1. The quantitative estimate of drug-likeness (QED) is 0.646. The van der Waals surface area contributed by atoms with Crippen LogP contribution in [0.1, 0.15) is 20.3 Å². The average molecular weight is 160 g/mol. The summed E-state index contributed by atoms with van der Waals surface area (Å²) in [7, 11) is 0. The van der Waals surface area contributed by atoms with Crippen LogP contribution in [0.25, 0.3) is 0 Å². The molecule has 0 aliphatic carbocycles. The van der Waals surface area contributed by atoms with E-state index < -0.39 is 6.17 Å². The summed E-state index contributed by atoms with van der Waals surface area (Å²) in [5, 5.41) is 0. The molecule has 0 unspecified atom stereocenters. The van der Waals surface area contributed by atoms with Crippen molar-refractivity contribution in [2.75, 3.05) is 19.6 Å². The summed E-state index contributed by atoms with van der Waals surface area (Å²) in [6, 6.07) is 0. The van der Waals surface area contributed by atoms with Gasteiger partial charge in [0.05, 0.1) is 0 Å². The number of nitrogens with two attached hydrogens (primary N) is 1. The molecule has 1 heterocycles. The van der Waals surface area contributed by atoms with Gasteiger partial charge in [0, 0.05) is 25.2 Å². The van der Waals surface area contributed by atoms with Crippen molar-refractivity contribution < 1.29 is 4.39 Å². The monoisotopic (exact) mass is 160 g/mol. The van der Waals surface area contributed by atoms with Crippen LogP contribution < -0.4 is 5.73 Å². The van der Waals surface area contributed by atoms with Gasteiger partial charge in [-0.1, -0.05) is 0 Å². The first-order chi connectivity index (χ1) is 4.97. The molecule has 0 bridgehead atoms. The van der Waals surface area contributed by atoms with Gasteiger partial charge in [0.25, 0.3) is 0 Å². The van der Waals surface area contributed by atoms with E-state index in [1.807, 2.05) is 13.8 Å². The molecule has 0 amide bonds. The summed E-state index contributed by atoms with van der Waals surface area (Å²) in [5.41, 5.74) is 5.61. The Morgan fingerprint density at radius 3 is 2.64 bits per heavy atom. The molecule has 2 N–H and O–H groups in total. The molecule has 0 aromatic heterocycles. The van der Waals surface area contributed by atoms with Gasteiger partial charge in [0.15, 0.2) is 0 Å². The molecule has 1 aliphatic heterocycles. The third-order valence-electron chi connectivity index (χ3n) is 1.85. The molecule has 0 aromatic rings. The molecule has 1 rings (SSSR count). The maximum absolute atomic E-state index is 12.7. The van der Waals surface area contributed by atoms with Crippen LogP contribution in [0.5, 0.6) is 0 Å². The number of likely N-dealkylation sites (tertiary alicyclic amines) is 1. The molecule has 1 aliphatic rings. The Morgan fingerprint density at radius 2 is 2.27 bits per heavy atom. The predicted octanol–water partition coefficient (Wildman–Crippen LogP) is 0.767. The first-order valence-electron chi connectivity index (χ1n) is 4.13. The van der Waals surface area contributed by atoms with E-state index >= 15 is 0 Å². The van der Waals surface area contributed by atoms with Crippen molar-refractivity contribution in [2.45, 2.75) is 32.0 Å². The maximum atomic E-state index is 12.7. The smallest absolute Gasteiger partial charge is 0.114 e. The lowest BCUT2D eigenvalue weighted by atomic mass is 10.1. The van der Waals surface area contributed by atoms with E-state index in [9.17, 15) is 4.39 Å². The zero-order chi connectivity index (χ0) is 8.48. The number of rotatable bonds is 2. The topological polar surface area (TPSA) is 29.3 Å². The van der Waals surface area contributed by atoms with Gasteiger partial charge in [-0.05, 0) is 20.3 Å². The molecule has 0 aromatic carbocycles. The second kappa shape index (κ2) is 3.07. The van der Waals surface area contributed by atoms with Gasteiger partial charge in [-0.25, -0.2) is 4.39 Å². The van der Waals surface area contributed by atoms with E-state index in [0.29, 0.717) is 13.0 Å². The molecular weight excluding hydrogens is 143 g/mol. The highest BCUT2D eigenvalue weighted by Gasteiger charge is 2.25. The third kappa shape index (κ3) is 3.16. The van der Waals surface area contributed by atoms with E-state index in [4.69, 9.17) is 5.73 Å². The highest BCUT2D eigenvalue weighted by atomic mass is 19.1. The molecular formula is C8H17FN2. The lowest BCUT2D eigenvalue weighted by Gasteiger charge is -2.25. The van der Waals surface area contributed by atoms with E-state index in [0.717, 1.165) is 13.1 Å². The number of hydrogen-bond acceptors (Lipinski definition) is 2. The summed E-state index contributed by atoms with van der Waals surface area (Å²) in [6.07, 6.45) is 0.0492. The summed E-state index contributed by atoms with van der Waals surface area (Å²) in [5.74, 6) is 0. The number of halogens is 1. The summed E-state index contributed by atoms with van der Waals surface area (Å²) >= 11 is 0. The van der Waals surface area contributed by atoms with E-state index in [1.54, 1.807) is 0 Å². The number of hydrogen-bond donors (Lipinski definition) is 1. The van der Waals surface area contributed by atoms with Crippen LogP contribution in [0.2, 0.25) is 0 Å². The van der Waals surface area contributed by atoms with Crippen molar-refractivity contribution in [3.63, 3.8) is 0 Å². The standard InChI is InChI=1S/C8H17FN2/c1-8(2,10)6-11-4-3-7(9)5-11/h7H,3-6,10H2,1-2H3/t7-/m1/s1. The van der Waals surface area contributed by atoms with Crippen LogP contribution in [-0.2, 0) is 0 Å². The minimum Gasteiger partial charge on any atom is -0.324 e. The van der Waals surface area contributed by atoms with Crippen LogP contribution in [-0.4, -0.2) is 36.2 Å². The molecule has 11 heavy (non-hydrogen) atoms. The highest BCUT2D eigenvalue weighted by molar-refractivity contribution is 4.82. The fraction of sp³-hybridized carbons (Fsp3) is 1.00. The van der Waals surface area contributed by atoms with Crippen LogP contribution >= 0.6 is 0 Å². The Balaban J connectivity index is 2.29. The maximum Gasteiger partial charge on any atom is 0.114 e. The second-order valence-electron chi connectivity index (χ2n) is 4.11. The Morgan fingerprint density at radius 1 is 1.64 bits per heavy atom. The Hall–Kier alpha value is -0.150. The second-order valence-corrected chi connectivity index (χ2v) is 4.11. The van der Waals surface area contributed by atoms with Crippen molar-refractivity contribution in [1.82, 2.24) is 4.90 Å². The zero-order valence-electron chi connectivity index (χ0n) is 7.31. The SMILES string of the molecule is CC(C)(N)CN1CC[C@@H](F)C1. The van der Waals surface area contributed by atoms with Crippen molar-refractivity contribution in [3.05, 3.63) is 0 Å². The van der Waals surface area contributed by atoms with Gasteiger partial charge in [-0.2, -0.15) is 0 Å². The minimum atomic E-state index is -0.627. The summed E-state index contributed by atoms with van der Waals surface area (Å²) < 4.78 is 12.7. The van der Waals surface area contributed by atoms with Gasteiger partial charge in [-0.3, -0.25) is 4.90 Å².